The first-order chi connectivity index (χ1) is 11.5. The van der Waals surface area contributed by atoms with E-state index in [0.29, 0.717) is 12.0 Å². The van der Waals surface area contributed by atoms with Crippen molar-refractivity contribution in [2.24, 2.45) is 0 Å². The second kappa shape index (κ2) is 10.5. The summed E-state index contributed by atoms with van der Waals surface area (Å²) in [4.78, 5) is 34.9. The summed E-state index contributed by atoms with van der Waals surface area (Å²) >= 11 is 0. The van der Waals surface area contributed by atoms with Gasteiger partial charge in [-0.15, -0.1) is 0 Å². The first-order valence-corrected chi connectivity index (χ1v) is 8.25. The van der Waals surface area contributed by atoms with Crippen LogP contribution in [0.2, 0.25) is 0 Å². The number of Topliss-reactive ketones (excluding diaryl/α,β-unsaturated/α-hetero) is 1. The molecule has 6 heteroatoms. The van der Waals surface area contributed by atoms with Gasteiger partial charge in [0, 0.05) is 12.8 Å². The van der Waals surface area contributed by atoms with Crippen molar-refractivity contribution < 1.29 is 24.6 Å². The van der Waals surface area contributed by atoms with Crippen LogP contribution in [0.25, 0.3) is 0 Å². The van der Waals surface area contributed by atoms with E-state index in [4.69, 9.17) is 0 Å². The zero-order chi connectivity index (χ0) is 17.9. The zero-order valence-corrected chi connectivity index (χ0v) is 13.9. The zero-order valence-electron chi connectivity index (χ0n) is 13.9. The molecule has 0 aromatic heterocycles. The van der Waals surface area contributed by atoms with Crippen LogP contribution in [-0.4, -0.2) is 33.9 Å². The highest BCUT2D eigenvalue weighted by Crippen LogP contribution is 2.18. The van der Waals surface area contributed by atoms with Crippen molar-refractivity contribution in [3.8, 4) is 0 Å². The van der Waals surface area contributed by atoms with Gasteiger partial charge in [0.1, 0.15) is 6.04 Å². The van der Waals surface area contributed by atoms with Gasteiger partial charge in [0.15, 0.2) is 0 Å². The molecule has 0 fully saturated rings. The van der Waals surface area contributed by atoms with E-state index < -0.39 is 29.8 Å². The van der Waals surface area contributed by atoms with Crippen molar-refractivity contribution >= 4 is 17.7 Å². The van der Waals surface area contributed by atoms with Crippen molar-refractivity contribution in [3.05, 3.63) is 35.9 Å². The highest BCUT2D eigenvalue weighted by molar-refractivity contribution is 6.36. The van der Waals surface area contributed by atoms with Crippen molar-refractivity contribution in [3.63, 3.8) is 0 Å². The molecule has 1 aromatic rings. The fourth-order valence-electron chi connectivity index (χ4n) is 2.32. The first kappa shape index (κ1) is 19.8. The Hall–Kier alpha value is -2.21. The van der Waals surface area contributed by atoms with E-state index >= 15 is 0 Å². The number of ketones is 1. The van der Waals surface area contributed by atoms with E-state index in [0.717, 1.165) is 19.3 Å². The molecule has 1 rings (SSSR count). The number of hydrogen-bond donors (Lipinski definition) is 3. The molecular formula is C18H25NO5. The molecule has 132 valence electrons. The number of aliphatic hydroxyl groups is 1. The Bertz CT molecular complexity index is 544. The van der Waals surface area contributed by atoms with Crippen molar-refractivity contribution in [1.29, 1.82) is 0 Å². The van der Waals surface area contributed by atoms with Crippen LogP contribution < -0.4 is 5.32 Å². The second-order valence-corrected chi connectivity index (χ2v) is 5.76. The Labute approximate surface area is 141 Å². The number of aliphatic carboxylic acids is 1. The van der Waals surface area contributed by atoms with Gasteiger partial charge in [0.25, 0.3) is 5.91 Å². The number of carboxylic acid groups (broad SMARTS) is 1. The maximum absolute atomic E-state index is 11.8. The summed E-state index contributed by atoms with van der Waals surface area (Å²) in [6.07, 6.45) is 2.38. The molecule has 1 amide bonds. The summed E-state index contributed by atoms with van der Waals surface area (Å²) in [5, 5.41) is 21.5. The third kappa shape index (κ3) is 6.91. The highest BCUT2D eigenvalue weighted by atomic mass is 16.4. The lowest BCUT2D eigenvalue weighted by atomic mass is 10.0. The van der Waals surface area contributed by atoms with Crippen LogP contribution in [0.5, 0.6) is 0 Å². The molecule has 0 aliphatic heterocycles. The minimum atomic E-state index is -1.31. The lowest BCUT2D eigenvalue weighted by Gasteiger charge is -2.18. The van der Waals surface area contributed by atoms with E-state index in [2.05, 4.69) is 5.32 Å². The average Bonchev–Trinajstić information content (AvgIpc) is 2.58. The SMILES string of the molecule is CCCCCCC(=O)C(=O)N[C@H](C[C@@H](O)c1ccccc1)C(=O)O. The highest BCUT2D eigenvalue weighted by Gasteiger charge is 2.26. The summed E-state index contributed by atoms with van der Waals surface area (Å²) in [7, 11) is 0. The minimum absolute atomic E-state index is 0.111. The molecule has 1 aromatic carbocycles. The Morgan fingerprint density at radius 2 is 1.75 bits per heavy atom. The molecule has 0 aliphatic carbocycles. The topological polar surface area (TPSA) is 104 Å². The predicted molar refractivity (Wildman–Crippen MR) is 89.4 cm³/mol. The lowest BCUT2D eigenvalue weighted by Crippen LogP contribution is -2.44. The quantitative estimate of drug-likeness (QED) is 0.425. The minimum Gasteiger partial charge on any atom is -0.480 e. The van der Waals surface area contributed by atoms with Crippen LogP contribution in [0.3, 0.4) is 0 Å². The normalized spacial score (nSPS) is 13.1. The van der Waals surface area contributed by atoms with Gasteiger partial charge in [-0.1, -0.05) is 56.5 Å². The second-order valence-electron chi connectivity index (χ2n) is 5.76. The number of rotatable bonds is 11. The lowest BCUT2D eigenvalue weighted by molar-refractivity contribution is -0.145. The Morgan fingerprint density at radius 3 is 2.33 bits per heavy atom. The molecule has 0 heterocycles. The van der Waals surface area contributed by atoms with Gasteiger partial charge in [0.05, 0.1) is 6.10 Å². The number of amides is 1. The van der Waals surface area contributed by atoms with Crippen LogP contribution in [0.15, 0.2) is 30.3 Å². The molecule has 0 spiro atoms. The first-order valence-electron chi connectivity index (χ1n) is 8.25. The molecule has 0 unspecified atom stereocenters. The van der Waals surface area contributed by atoms with Crippen molar-refractivity contribution in [2.75, 3.05) is 0 Å². The smallest absolute Gasteiger partial charge is 0.326 e. The molecule has 0 bridgehead atoms. The number of nitrogens with one attached hydrogen (secondary N) is 1. The summed E-state index contributed by atoms with van der Waals surface area (Å²) in [6, 6.07) is 7.27. The molecule has 3 N–H and O–H groups in total. The molecule has 2 atom stereocenters. The summed E-state index contributed by atoms with van der Waals surface area (Å²) in [5.74, 6) is -2.80. The fraction of sp³-hybridized carbons (Fsp3) is 0.500. The number of aliphatic hydroxyl groups excluding tert-OH is 1. The van der Waals surface area contributed by atoms with E-state index in [1.54, 1.807) is 30.3 Å². The Morgan fingerprint density at radius 1 is 1.08 bits per heavy atom. The fourth-order valence-corrected chi connectivity index (χ4v) is 2.32. The maximum atomic E-state index is 11.8. The number of carboxylic acids is 1. The molecule has 0 saturated carbocycles. The Balaban J connectivity index is 2.54. The molecule has 6 nitrogen and oxygen atoms in total. The van der Waals surface area contributed by atoms with Crippen molar-refractivity contribution in [1.82, 2.24) is 5.32 Å². The monoisotopic (exact) mass is 335 g/mol. The number of benzene rings is 1. The summed E-state index contributed by atoms with van der Waals surface area (Å²) in [6.45, 7) is 2.05. The predicted octanol–water partition coefficient (Wildman–Crippen LogP) is 2.22. The number of hydrogen-bond acceptors (Lipinski definition) is 4. The van der Waals surface area contributed by atoms with Crippen LogP contribution in [-0.2, 0) is 14.4 Å². The largest absolute Gasteiger partial charge is 0.480 e. The molecule has 0 saturated heterocycles. The molecular weight excluding hydrogens is 310 g/mol. The van der Waals surface area contributed by atoms with E-state index in [1.165, 1.54) is 0 Å². The molecule has 0 aliphatic rings. The Kier molecular flexibility index (Phi) is 8.71. The third-order valence-corrected chi connectivity index (χ3v) is 3.76. The van der Waals surface area contributed by atoms with Gasteiger partial charge >= 0.3 is 5.97 Å². The van der Waals surface area contributed by atoms with Crippen LogP contribution in [0.4, 0.5) is 0 Å². The van der Waals surface area contributed by atoms with Gasteiger partial charge in [-0.3, -0.25) is 9.59 Å². The standard InChI is InChI=1S/C18H25NO5/c1-2-3-4-8-11-15(20)17(22)19-14(18(23)24)12-16(21)13-9-6-5-7-10-13/h5-7,9-10,14,16,21H,2-4,8,11-12H2,1H3,(H,19,22)(H,23,24)/t14-,16-/m1/s1. The third-order valence-electron chi connectivity index (χ3n) is 3.76. The average molecular weight is 335 g/mol. The van der Waals surface area contributed by atoms with E-state index in [9.17, 15) is 24.6 Å². The summed E-state index contributed by atoms with van der Waals surface area (Å²) < 4.78 is 0. The van der Waals surface area contributed by atoms with Gasteiger partial charge < -0.3 is 15.5 Å². The molecule has 0 radical (unpaired) electrons. The number of carbonyl (C=O) groups excluding carboxylic acids is 2. The van der Waals surface area contributed by atoms with Crippen LogP contribution in [0.1, 0.15) is 57.1 Å². The van der Waals surface area contributed by atoms with Crippen molar-refractivity contribution in [2.45, 2.75) is 57.6 Å². The summed E-state index contributed by atoms with van der Waals surface area (Å²) in [5.41, 5.74) is 0.559. The number of unbranched alkanes of at least 4 members (excludes halogenated alkanes) is 3. The van der Waals surface area contributed by atoms with Gasteiger partial charge in [-0.2, -0.15) is 0 Å². The van der Waals surface area contributed by atoms with Crippen LogP contribution in [0, 0.1) is 0 Å². The van der Waals surface area contributed by atoms with E-state index in [1.807, 2.05) is 6.92 Å². The van der Waals surface area contributed by atoms with Gasteiger partial charge in [0.2, 0.25) is 5.78 Å². The molecule has 24 heavy (non-hydrogen) atoms. The van der Waals surface area contributed by atoms with Crippen LogP contribution >= 0.6 is 0 Å². The maximum Gasteiger partial charge on any atom is 0.326 e. The van der Waals surface area contributed by atoms with Gasteiger partial charge in [-0.25, -0.2) is 4.79 Å². The number of carbonyl (C=O) groups is 3. The van der Waals surface area contributed by atoms with Gasteiger partial charge in [-0.05, 0) is 12.0 Å². The van der Waals surface area contributed by atoms with E-state index in [-0.39, 0.29) is 12.8 Å².